The van der Waals surface area contributed by atoms with Gasteiger partial charge in [-0.3, -0.25) is 4.68 Å². The first-order chi connectivity index (χ1) is 6.60. The summed E-state index contributed by atoms with van der Waals surface area (Å²) in [7, 11) is 1.81. The van der Waals surface area contributed by atoms with Crippen LogP contribution in [0.25, 0.3) is 0 Å². The molecule has 4 heteroatoms. The van der Waals surface area contributed by atoms with E-state index in [2.05, 4.69) is 11.2 Å². The molecule has 1 fully saturated rings. The summed E-state index contributed by atoms with van der Waals surface area (Å²) in [5.74, 6) is 0. The number of hydrogen-bond donors (Lipinski definition) is 0. The van der Waals surface area contributed by atoms with E-state index in [0.717, 1.165) is 30.5 Å². The zero-order chi connectivity index (χ0) is 10.3. The first-order valence-corrected chi connectivity index (χ1v) is 5.09. The summed E-state index contributed by atoms with van der Waals surface area (Å²) in [5.41, 5.74) is 1.48. The number of halogens is 1. The number of aromatic nitrogens is 2. The second-order valence-corrected chi connectivity index (χ2v) is 4.28. The molecule has 0 radical (unpaired) electrons. The molecule has 1 saturated carbocycles. The maximum atomic E-state index is 9.20. The Morgan fingerprint density at radius 1 is 1.57 bits per heavy atom. The Balaban J connectivity index is 2.56. The van der Waals surface area contributed by atoms with Gasteiger partial charge in [0.25, 0.3) is 0 Å². The summed E-state index contributed by atoms with van der Waals surface area (Å²) >= 11 is 6.14. The Bertz CT molecular complexity index is 410. The van der Waals surface area contributed by atoms with Gasteiger partial charge in [0.05, 0.1) is 17.2 Å². The highest BCUT2D eigenvalue weighted by atomic mass is 35.5. The Morgan fingerprint density at radius 2 is 2.21 bits per heavy atom. The maximum absolute atomic E-state index is 9.20. The molecule has 0 N–H and O–H groups in total. The van der Waals surface area contributed by atoms with Crippen LogP contribution >= 0.6 is 11.6 Å². The van der Waals surface area contributed by atoms with Crippen LogP contribution in [0.2, 0.25) is 5.15 Å². The minimum atomic E-state index is -0.352. The van der Waals surface area contributed by atoms with Crippen LogP contribution in [0.1, 0.15) is 30.5 Å². The van der Waals surface area contributed by atoms with Crippen molar-refractivity contribution in [3.63, 3.8) is 0 Å². The number of nitrogens with zero attached hydrogens (tertiary/aromatic N) is 3. The molecule has 3 nitrogen and oxygen atoms in total. The molecule has 0 aromatic carbocycles. The van der Waals surface area contributed by atoms with E-state index in [1.807, 2.05) is 14.0 Å². The van der Waals surface area contributed by atoms with E-state index in [0.29, 0.717) is 5.15 Å². The zero-order valence-electron chi connectivity index (χ0n) is 8.34. The van der Waals surface area contributed by atoms with Gasteiger partial charge in [0.15, 0.2) is 0 Å². The molecule has 0 aliphatic heterocycles. The van der Waals surface area contributed by atoms with Crippen molar-refractivity contribution >= 4 is 11.6 Å². The summed E-state index contributed by atoms with van der Waals surface area (Å²) in [6.45, 7) is 1.92. The van der Waals surface area contributed by atoms with Gasteiger partial charge in [-0.1, -0.05) is 11.6 Å². The van der Waals surface area contributed by atoms with E-state index in [-0.39, 0.29) is 5.41 Å². The van der Waals surface area contributed by atoms with Gasteiger partial charge in [0.2, 0.25) is 0 Å². The smallest absolute Gasteiger partial charge is 0.131 e. The van der Waals surface area contributed by atoms with Crippen molar-refractivity contribution in [2.45, 2.75) is 31.6 Å². The Labute approximate surface area is 88.3 Å². The lowest BCUT2D eigenvalue weighted by Gasteiger charge is -2.35. The summed E-state index contributed by atoms with van der Waals surface area (Å²) in [5, 5.41) is 14.1. The van der Waals surface area contributed by atoms with Crippen LogP contribution in [0.15, 0.2) is 0 Å². The number of rotatable bonds is 1. The van der Waals surface area contributed by atoms with E-state index in [9.17, 15) is 5.26 Å². The van der Waals surface area contributed by atoms with E-state index in [1.54, 1.807) is 4.68 Å². The Morgan fingerprint density at radius 3 is 2.50 bits per heavy atom. The highest BCUT2D eigenvalue weighted by Crippen LogP contribution is 2.46. The monoisotopic (exact) mass is 209 g/mol. The quantitative estimate of drug-likeness (QED) is 0.713. The molecule has 1 aromatic heterocycles. The van der Waals surface area contributed by atoms with Crippen molar-refractivity contribution in [2.24, 2.45) is 7.05 Å². The van der Waals surface area contributed by atoms with Crippen molar-refractivity contribution < 1.29 is 0 Å². The molecule has 0 unspecified atom stereocenters. The average molecular weight is 210 g/mol. The summed E-state index contributed by atoms with van der Waals surface area (Å²) in [6, 6.07) is 2.39. The third-order valence-corrected chi connectivity index (χ3v) is 3.49. The molecule has 1 aliphatic rings. The van der Waals surface area contributed by atoms with Crippen molar-refractivity contribution in [2.75, 3.05) is 0 Å². The lowest BCUT2D eigenvalue weighted by atomic mass is 9.65. The fourth-order valence-electron chi connectivity index (χ4n) is 2.12. The second-order valence-electron chi connectivity index (χ2n) is 3.92. The molecule has 2 rings (SSSR count). The minimum absolute atomic E-state index is 0.352. The normalized spacial score (nSPS) is 18.7. The van der Waals surface area contributed by atoms with E-state index in [1.165, 1.54) is 0 Å². The second kappa shape index (κ2) is 2.99. The lowest BCUT2D eigenvalue weighted by Crippen LogP contribution is -2.33. The van der Waals surface area contributed by atoms with Crippen molar-refractivity contribution in [3.05, 3.63) is 16.4 Å². The molecular weight excluding hydrogens is 198 g/mol. The van der Waals surface area contributed by atoms with Gasteiger partial charge < -0.3 is 0 Å². The van der Waals surface area contributed by atoms with E-state index >= 15 is 0 Å². The van der Waals surface area contributed by atoms with Gasteiger partial charge in [0.1, 0.15) is 5.15 Å². The topological polar surface area (TPSA) is 41.6 Å². The molecule has 1 aliphatic carbocycles. The molecular formula is C10H12ClN3. The predicted octanol–water partition coefficient (Wildman–Crippen LogP) is 2.33. The molecule has 0 amide bonds. The predicted molar refractivity (Wildman–Crippen MR) is 54.1 cm³/mol. The Kier molecular flexibility index (Phi) is 2.04. The summed E-state index contributed by atoms with van der Waals surface area (Å²) in [6.07, 6.45) is 2.93. The molecule has 0 bridgehead atoms. The van der Waals surface area contributed by atoms with Crippen LogP contribution in [-0.2, 0) is 12.5 Å². The van der Waals surface area contributed by atoms with Gasteiger partial charge in [-0.2, -0.15) is 10.4 Å². The highest BCUT2D eigenvalue weighted by molar-refractivity contribution is 6.30. The fourth-order valence-corrected chi connectivity index (χ4v) is 2.48. The van der Waals surface area contributed by atoms with Crippen molar-refractivity contribution in [3.8, 4) is 6.07 Å². The number of hydrogen-bond acceptors (Lipinski definition) is 2. The van der Waals surface area contributed by atoms with E-state index < -0.39 is 0 Å². The highest BCUT2D eigenvalue weighted by Gasteiger charge is 2.43. The fraction of sp³-hybridized carbons (Fsp3) is 0.600. The Hall–Kier alpha value is -1.01. The molecule has 0 atom stereocenters. The minimum Gasteiger partial charge on any atom is -0.256 e. The van der Waals surface area contributed by atoms with Gasteiger partial charge in [0, 0.05) is 12.6 Å². The van der Waals surface area contributed by atoms with E-state index in [4.69, 9.17) is 11.6 Å². The molecule has 14 heavy (non-hydrogen) atoms. The third-order valence-electron chi connectivity index (χ3n) is 3.05. The summed E-state index contributed by atoms with van der Waals surface area (Å²) < 4.78 is 1.64. The number of aryl methyl sites for hydroxylation is 2. The van der Waals surface area contributed by atoms with Crippen molar-refractivity contribution in [1.82, 2.24) is 9.78 Å². The van der Waals surface area contributed by atoms with Crippen LogP contribution in [0.4, 0.5) is 0 Å². The van der Waals surface area contributed by atoms with Crippen LogP contribution in [-0.4, -0.2) is 9.78 Å². The molecule has 74 valence electrons. The standard InChI is InChI=1S/C10H12ClN3/c1-7-8(9(11)14(2)13-7)10(6-12)4-3-5-10/h3-5H2,1-2H3. The third kappa shape index (κ3) is 1.07. The SMILES string of the molecule is Cc1nn(C)c(Cl)c1C1(C#N)CCC1. The van der Waals surface area contributed by atoms with Crippen LogP contribution < -0.4 is 0 Å². The number of nitriles is 1. The van der Waals surface area contributed by atoms with Crippen LogP contribution in [0.5, 0.6) is 0 Å². The van der Waals surface area contributed by atoms with Gasteiger partial charge in [-0.05, 0) is 26.2 Å². The van der Waals surface area contributed by atoms with Crippen molar-refractivity contribution in [1.29, 1.82) is 5.26 Å². The molecule has 1 aromatic rings. The largest absolute Gasteiger partial charge is 0.256 e. The van der Waals surface area contributed by atoms with Crippen LogP contribution in [0.3, 0.4) is 0 Å². The average Bonchev–Trinajstić information content (AvgIpc) is 2.31. The first kappa shape index (κ1) is 9.54. The zero-order valence-corrected chi connectivity index (χ0v) is 9.10. The van der Waals surface area contributed by atoms with Gasteiger partial charge in [-0.25, -0.2) is 0 Å². The molecule has 0 spiro atoms. The first-order valence-electron chi connectivity index (χ1n) is 4.71. The maximum Gasteiger partial charge on any atom is 0.131 e. The molecule has 0 saturated heterocycles. The van der Waals surface area contributed by atoms with Gasteiger partial charge >= 0.3 is 0 Å². The summed E-state index contributed by atoms with van der Waals surface area (Å²) in [4.78, 5) is 0. The lowest BCUT2D eigenvalue weighted by molar-refractivity contribution is 0.323. The molecule has 1 heterocycles. The van der Waals surface area contributed by atoms with Crippen LogP contribution in [0, 0.1) is 18.3 Å². The van der Waals surface area contributed by atoms with Gasteiger partial charge in [-0.15, -0.1) is 0 Å².